The fourth-order valence-corrected chi connectivity index (χ4v) is 4.83. The third-order valence-electron chi connectivity index (χ3n) is 5.27. The van der Waals surface area contributed by atoms with E-state index in [1.165, 1.54) is 12.4 Å². The minimum Gasteiger partial charge on any atom is -0.487 e. The fourth-order valence-electron chi connectivity index (χ4n) is 3.69. The van der Waals surface area contributed by atoms with E-state index >= 15 is 0 Å². The molecule has 0 saturated carbocycles. The maximum Gasteiger partial charge on any atom is 0.404 e. The van der Waals surface area contributed by atoms with Gasteiger partial charge >= 0.3 is 6.18 Å². The number of rotatable bonds is 10. The summed E-state index contributed by atoms with van der Waals surface area (Å²) < 4.78 is 69.3. The van der Waals surface area contributed by atoms with Crippen molar-refractivity contribution in [2.75, 3.05) is 19.8 Å². The van der Waals surface area contributed by atoms with Crippen molar-refractivity contribution in [2.24, 2.45) is 0 Å². The maximum atomic E-state index is 12.6. The molecule has 0 spiro atoms. The van der Waals surface area contributed by atoms with Crippen molar-refractivity contribution in [1.82, 2.24) is 19.6 Å². The zero-order valence-corrected chi connectivity index (χ0v) is 22.0. The van der Waals surface area contributed by atoms with Crippen LogP contribution in [0.1, 0.15) is 22.4 Å². The second kappa shape index (κ2) is 11.5. The maximum absolute atomic E-state index is 12.6. The van der Waals surface area contributed by atoms with Crippen LogP contribution in [0.3, 0.4) is 0 Å². The van der Waals surface area contributed by atoms with Crippen molar-refractivity contribution in [3.8, 4) is 5.75 Å². The van der Waals surface area contributed by atoms with Crippen LogP contribution in [0.15, 0.2) is 55.4 Å². The average molecular weight is 555 g/mol. The van der Waals surface area contributed by atoms with E-state index in [0.29, 0.717) is 16.8 Å². The van der Waals surface area contributed by atoms with Gasteiger partial charge in [-0.05, 0) is 30.7 Å². The highest BCUT2D eigenvalue weighted by atomic mass is 35.5. The highest BCUT2D eigenvalue weighted by Crippen LogP contribution is 2.32. The van der Waals surface area contributed by atoms with Gasteiger partial charge in [0.1, 0.15) is 17.9 Å². The summed E-state index contributed by atoms with van der Waals surface area (Å²) in [6, 6.07) is 7.45. The predicted molar refractivity (Wildman–Crippen MR) is 139 cm³/mol. The number of fused-ring (bicyclic) bond motifs is 1. The van der Waals surface area contributed by atoms with Crippen molar-refractivity contribution in [3.63, 3.8) is 0 Å². The molecule has 2 heterocycles. The summed E-state index contributed by atoms with van der Waals surface area (Å²) in [7, 11) is -0.758. The third-order valence-corrected chi connectivity index (χ3v) is 6.88. The van der Waals surface area contributed by atoms with Crippen LogP contribution in [0.4, 0.5) is 13.2 Å². The van der Waals surface area contributed by atoms with Gasteiger partial charge in [-0.25, -0.2) is 18.1 Å². The summed E-state index contributed by atoms with van der Waals surface area (Å²) in [5.41, 5.74) is 3.89. The lowest BCUT2D eigenvalue weighted by atomic mass is 10.0. The van der Waals surface area contributed by atoms with Crippen molar-refractivity contribution in [1.29, 1.82) is 0 Å². The molecule has 0 amide bonds. The highest BCUT2D eigenvalue weighted by molar-refractivity contribution is 7.89. The molecule has 0 atom stereocenters. The van der Waals surface area contributed by atoms with Gasteiger partial charge in [-0.3, -0.25) is 4.98 Å². The predicted octanol–water partition coefficient (Wildman–Crippen LogP) is 5.24. The number of benzene rings is 1. The first kappa shape index (κ1) is 28.4. The molecule has 7 nitrogen and oxygen atoms in total. The molecule has 0 fully saturated rings. The SMILES string of the molecule is C=C/C=C(/c1cc(C)nc2c(OCc3c(Cl)cncc3CNS(=O)(=O)CC(F)(F)F)cccc12)N(C)C. The number of ether oxygens (including phenoxy) is 1. The molecule has 3 rings (SSSR count). The largest absolute Gasteiger partial charge is 0.487 e. The molecule has 0 aliphatic carbocycles. The van der Waals surface area contributed by atoms with Crippen LogP contribution in [-0.4, -0.2) is 49.3 Å². The molecule has 0 unspecified atom stereocenters. The Bertz CT molecular complexity index is 1440. The van der Waals surface area contributed by atoms with Crippen LogP contribution < -0.4 is 9.46 Å². The van der Waals surface area contributed by atoms with Crippen LogP contribution in [0.5, 0.6) is 5.75 Å². The number of halogens is 4. The summed E-state index contributed by atoms with van der Waals surface area (Å²) in [4.78, 5) is 10.5. The molecule has 0 radical (unpaired) electrons. The molecule has 1 aromatic carbocycles. The molecule has 0 aliphatic heterocycles. The first-order valence-corrected chi connectivity index (χ1v) is 13.0. The van der Waals surface area contributed by atoms with E-state index < -0.39 is 28.5 Å². The van der Waals surface area contributed by atoms with Crippen molar-refractivity contribution in [2.45, 2.75) is 26.3 Å². The lowest BCUT2D eigenvalue weighted by Crippen LogP contribution is -2.33. The van der Waals surface area contributed by atoms with Crippen LogP contribution in [0, 0.1) is 6.92 Å². The molecule has 1 N–H and O–H groups in total. The van der Waals surface area contributed by atoms with E-state index in [0.717, 1.165) is 22.3 Å². The van der Waals surface area contributed by atoms with Gasteiger partial charge in [0.15, 0.2) is 5.75 Å². The Hall–Kier alpha value is -3.15. The van der Waals surface area contributed by atoms with E-state index in [1.54, 1.807) is 12.1 Å². The Morgan fingerprint density at radius 1 is 1.27 bits per heavy atom. The second-order valence-corrected chi connectivity index (χ2v) is 10.6. The van der Waals surface area contributed by atoms with Gasteiger partial charge in [0.25, 0.3) is 0 Å². The number of para-hydroxylation sites is 1. The Kier molecular flexibility index (Phi) is 8.83. The first-order valence-electron chi connectivity index (χ1n) is 11.0. The lowest BCUT2D eigenvalue weighted by Gasteiger charge is -2.20. The van der Waals surface area contributed by atoms with Gasteiger partial charge in [-0.15, -0.1) is 0 Å². The van der Waals surface area contributed by atoms with Gasteiger partial charge in [0.05, 0.1) is 5.02 Å². The number of nitrogens with zero attached hydrogens (tertiary/aromatic N) is 3. The van der Waals surface area contributed by atoms with Crippen molar-refractivity contribution in [3.05, 3.63) is 82.8 Å². The zero-order chi connectivity index (χ0) is 27.4. The Morgan fingerprint density at radius 3 is 2.65 bits per heavy atom. The lowest BCUT2D eigenvalue weighted by molar-refractivity contribution is -0.106. The highest BCUT2D eigenvalue weighted by Gasteiger charge is 2.35. The van der Waals surface area contributed by atoms with Gasteiger partial charge in [0.2, 0.25) is 10.0 Å². The molecule has 12 heteroatoms. The molecular formula is C25H26ClF3N4O3S. The summed E-state index contributed by atoms with van der Waals surface area (Å²) in [5, 5.41) is 1.02. The third kappa shape index (κ3) is 7.43. The van der Waals surface area contributed by atoms with Crippen LogP contribution >= 0.6 is 11.6 Å². The minimum atomic E-state index is -4.87. The van der Waals surface area contributed by atoms with Crippen LogP contribution in [0.2, 0.25) is 5.02 Å². The Balaban J connectivity index is 1.93. The van der Waals surface area contributed by atoms with E-state index in [9.17, 15) is 21.6 Å². The van der Waals surface area contributed by atoms with Gasteiger partial charge in [-0.2, -0.15) is 13.2 Å². The summed E-state index contributed by atoms with van der Waals surface area (Å²) in [6.45, 7) is 5.14. The number of hydrogen-bond acceptors (Lipinski definition) is 6. The molecule has 3 aromatic rings. The first-order chi connectivity index (χ1) is 17.3. The molecule has 198 valence electrons. The van der Waals surface area contributed by atoms with E-state index in [2.05, 4.69) is 16.5 Å². The molecule has 0 bridgehead atoms. The van der Waals surface area contributed by atoms with Crippen molar-refractivity contribution >= 4 is 38.2 Å². The van der Waals surface area contributed by atoms with Gasteiger partial charge < -0.3 is 9.64 Å². The Labute approximate surface area is 218 Å². The Morgan fingerprint density at radius 2 is 2.00 bits per heavy atom. The number of hydrogen-bond donors (Lipinski definition) is 1. The second-order valence-electron chi connectivity index (χ2n) is 8.39. The van der Waals surface area contributed by atoms with E-state index in [4.69, 9.17) is 16.3 Å². The number of sulfonamides is 1. The molecule has 2 aromatic heterocycles. The van der Waals surface area contributed by atoms with Crippen LogP contribution in [-0.2, 0) is 23.2 Å². The van der Waals surface area contributed by atoms with E-state index in [-0.39, 0.29) is 17.2 Å². The summed E-state index contributed by atoms with van der Waals surface area (Å²) in [5.74, 6) is -1.53. The summed E-state index contributed by atoms with van der Waals surface area (Å²) in [6.07, 6.45) is 1.41. The molecule has 37 heavy (non-hydrogen) atoms. The van der Waals surface area contributed by atoms with Gasteiger partial charge in [-0.1, -0.05) is 36.4 Å². The average Bonchev–Trinajstić information content (AvgIpc) is 2.78. The quantitative estimate of drug-likeness (QED) is 0.345. The standard InChI is InChI=1S/C25H26ClF3N4O3S/c1-5-7-22(33(3)4)19-10-16(2)32-24-18(19)8-6-9-23(24)36-14-20-17(11-30-13-21(20)26)12-31-37(34,35)15-25(27,28)29/h5-11,13,31H,1,12,14-15H2,2-4H3/b22-7-. The molecule has 0 saturated heterocycles. The van der Waals surface area contributed by atoms with Crippen LogP contribution in [0.25, 0.3) is 16.6 Å². The minimum absolute atomic E-state index is 0.0925. The normalized spacial score (nSPS) is 12.6. The monoisotopic (exact) mass is 554 g/mol. The van der Waals surface area contributed by atoms with E-state index in [1.807, 2.05) is 54.9 Å². The number of nitrogens with one attached hydrogen (secondary N) is 1. The number of aromatic nitrogens is 2. The summed E-state index contributed by atoms with van der Waals surface area (Å²) >= 11 is 6.29. The molecular weight excluding hydrogens is 529 g/mol. The molecule has 0 aliphatic rings. The zero-order valence-electron chi connectivity index (χ0n) is 20.4. The number of allylic oxidation sites excluding steroid dienone is 2. The van der Waals surface area contributed by atoms with Crippen molar-refractivity contribution < 1.29 is 26.3 Å². The van der Waals surface area contributed by atoms with Gasteiger partial charge in [0, 0.05) is 60.9 Å². The number of pyridine rings is 2. The number of aryl methyl sites for hydroxylation is 1. The fraction of sp³-hybridized carbons (Fsp3) is 0.280. The number of alkyl halides is 3. The smallest absolute Gasteiger partial charge is 0.404 e. The topological polar surface area (TPSA) is 84.4 Å².